The zero-order valence-electron chi connectivity index (χ0n) is 20.2. The van der Waals surface area contributed by atoms with E-state index in [2.05, 4.69) is 23.5 Å². The first-order chi connectivity index (χ1) is 16.9. The second-order valence-electron chi connectivity index (χ2n) is 9.64. The first-order valence-electron chi connectivity index (χ1n) is 12.3. The Kier molecular flexibility index (Phi) is 6.78. The van der Waals surface area contributed by atoms with Crippen molar-refractivity contribution in [2.75, 3.05) is 11.1 Å². The Bertz CT molecular complexity index is 1340. The highest BCUT2D eigenvalue weighted by molar-refractivity contribution is 7.99. The van der Waals surface area contributed by atoms with Crippen molar-refractivity contribution in [2.45, 2.75) is 69.5 Å². The summed E-state index contributed by atoms with van der Waals surface area (Å²) in [5.41, 5.74) is 5.60. The smallest absolute Gasteiger partial charge is 0.258 e. The Hall–Kier alpha value is -2.57. The van der Waals surface area contributed by atoms with Crippen LogP contribution in [0.3, 0.4) is 0 Å². The van der Waals surface area contributed by atoms with Gasteiger partial charge in [0.25, 0.3) is 5.56 Å². The third kappa shape index (κ3) is 4.54. The molecule has 5 nitrogen and oxygen atoms in total. The minimum atomic E-state index is -0.154. The van der Waals surface area contributed by atoms with Gasteiger partial charge in [0.15, 0.2) is 5.16 Å². The average Bonchev–Trinajstić information content (AvgIpc) is 2.85. The van der Waals surface area contributed by atoms with E-state index in [4.69, 9.17) is 16.6 Å². The number of thioether (sulfide) groups is 1. The number of anilines is 1. The van der Waals surface area contributed by atoms with E-state index in [0.717, 1.165) is 54.5 Å². The molecule has 3 aromatic rings. The molecule has 35 heavy (non-hydrogen) atoms. The van der Waals surface area contributed by atoms with Gasteiger partial charge in [-0.2, -0.15) is 0 Å². The van der Waals surface area contributed by atoms with Gasteiger partial charge in [0, 0.05) is 28.2 Å². The standard InChI is InChI=1S/C28H30ClN3O2S/c1-3-32-26(34)24-25(21-10-6-5-9-19(21)16-28(24)13-7-4-8-14-28)31-27(32)35-17-23(33)30-22-15-20(29)12-11-18(22)2/h5-6,9-12,15H,3-4,7-8,13-14,16-17H2,1-2H3,(H,30,33). The van der Waals surface area contributed by atoms with E-state index in [1.165, 1.54) is 23.7 Å². The average molecular weight is 508 g/mol. The lowest BCUT2D eigenvalue weighted by atomic mass is 9.62. The van der Waals surface area contributed by atoms with Gasteiger partial charge >= 0.3 is 0 Å². The Labute approximate surface area is 215 Å². The largest absolute Gasteiger partial charge is 0.325 e. The summed E-state index contributed by atoms with van der Waals surface area (Å²) in [5.74, 6) is 0.00314. The molecule has 2 aromatic carbocycles. The highest BCUT2D eigenvalue weighted by atomic mass is 35.5. The molecule has 0 saturated heterocycles. The summed E-state index contributed by atoms with van der Waals surface area (Å²) >= 11 is 7.41. The molecule has 1 amide bonds. The van der Waals surface area contributed by atoms with Crippen LogP contribution in [0, 0.1) is 6.92 Å². The maximum Gasteiger partial charge on any atom is 0.258 e. The van der Waals surface area contributed by atoms with E-state index in [0.29, 0.717) is 22.4 Å². The number of rotatable bonds is 5. The van der Waals surface area contributed by atoms with Crippen molar-refractivity contribution in [3.8, 4) is 11.3 Å². The number of aryl methyl sites for hydroxylation is 1. The summed E-state index contributed by atoms with van der Waals surface area (Å²) in [4.78, 5) is 31.8. The molecule has 0 atom stereocenters. The number of nitrogens with zero attached hydrogens (tertiary/aromatic N) is 2. The Balaban J connectivity index is 1.50. The van der Waals surface area contributed by atoms with Crippen LogP contribution in [-0.4, -0.2) is 21.2 Å². The normalized spacial score (nSPS) is 16.0. The highest BCUT2D eigenvalue weighted by Gasteiger charge is 2.43. The van der Waals surface area contributed by atoms with Crippen LogP contribution in [0.1, 0.15) is 55.7 Å². The van der Waals surface area contributed by atoms with Crippen molar-refractivity contribution in [1.82, 2.24) is 9.55 Å². The lowest BCUT2D eigenvalue weighted by Gasteiger charge is -2.42. The molecule has 0 radical (unpaired) electrons. The number of carbonyl (C=O) groups excluding carboxylic acids is 1. The van der Waals surface area contributed by atoms with Gasteiger partial charge in [0.05, 0.1) is 17.0 Å². The minimum Gasteiger partial charge on any atom is -0.325 e. The van der Waals surface area contributed by atoms with Crippen LogP contribution in [0.2, 0.25) is 5.02 Å². The molecule has 1 fully saturated rings. The van der Waals surface area contributed by atoms with E-state index >= 15 is 0 Å². The third-order valence-corrected chi connectivity index (χ3v) is 8.61. The zero-order valence-corrected chi connectivity index (χ0v) is 21.8. The number of fused-ring (bicyclic) bond motifs is 4. The summed E-state index contributed by atoms with van der Waals surface area (Å²) in [6.45, 7) is 4.42. The van der Waals surface area contributed by atoms with Crippen LogP contribution in [0.15, 0.2) is 52.4 Å². The van der Waals surface area contributed by atoms with Crippen LogP contribution >= 0.6 is 23.4 Å². The summed E-state index contributed by atoms with van der Waals surface area (Å²) in [7, 11) is 0. The van der Waals surface area contributed by atoms with Crippen LogP contribution in [0.5, 0.6) is 0 Å². The van der Waals surface area contributed by atoms with E-state index in [9.17, 15) is 9.59 Å². The van der Waals surface area contributed by atoms with Crippen molar-refractivity contribution < 1.29 is 4.79 Å². The van der Waals surface area contributed by atoms with Crippen LogP contribution in [0.25, 0.3) is 11.3 Å². The molecule has 1 saturated carbocycles. The maximum atomic E-state index is 14.0. The molecule has 0 unspecified atom stereocenters. The Morgan fingerprint density at radius 2 is 1.94 bits per heavy atom. The Morgan fingerprint density at radius 3 is 2.71 bits per heavy atom. The number of amides is 1. The lowest BCUT2D eigenvalue weighted by molar-refractivity contribution is -0.113. The fourth-order valence-electron chi connectivity index (χ4n) is 5.66. The summed E-state index contributed by atoms with van der Waals surface area (Å²) in [6.07, 6.45) is 6.49. The maximum absolute atomic E-state index is 14.0. The topological polar surface area (TPSA) is 64.0 Å². The van der Waals surface area contributed by atoms with E-state index < -0.39 is 0 Å². The highest BCUT2D eigenvalue weighted by Crippen LogP contribution is 2.48. The van der Waals surface area contributed by atoms with Gasteiger partial charge in [-0.1, -0.05) is 73.0 Å². The fraction of sp³-hybridized carbons (Fsp3) is 0.393. The van der Waals surface area contributed by atoms with Gasteiger partial charge in [0.1, 0.15) is 0 Å². The van der Waals surface area contributed by atoms with Crippen LogP contribution < -0.4 is 10.9 Å². The van der Waals surface area contributed by atoms with E-state index in [1.807, 2.05) is 26.0 Å². The molecule has 2 aliphatic rings. The summed E-state index contributed by atoms with van der Waals surface area (Å²) < 4.78 is 1.76. The van der Waals surface area contributed by atoms with Crippen molar-refractivity contribution in [2.24, 2.45) is 0 Å². The zero-order chi connectivity index (χ0) is 24.6. The number of hydrogen-bond donors (Lipinski definition) is 1. The lowest BCUT2D eigenvalue weighted by Crippen LogP contribution is -2.43. The van der Waals surface area contributed by atoms with Gasteiger partial charge < -0.3 is 5.32 Å². The Morgan fingerprint density at radius 1 is 1.17 bits per heavy atom. The number of hydrogen-bond acceptors (Lipinski definition) is 4. The second-order valence-corrected chi connectivity index (χ2v) is 11.0. The van der Waals surface area contributed by atoms with Gasteiger partial charge in [-0.05, 0) is 56.4 Å². The van der Waals surface area contributed by atoms with Crippen molar-refractivity contribution in [3.05, 3.63) is 74.5 Å². The molecule has 1 N–H and O–H groups in total. The number of nitrogens with one attached hydrogen (secondary N) is 1. The minimum absolute atomic E-state index is 0.0579. The quantitative estimate of drug-likeness (QED) is 0.321. The number of carbonyl (C=O) groups is 1. The molecule has 5 rings (SSSR count). The molecule has 2 aliphatic carbocycles. The molecule has 1 spiro atoms. The molecule has 0 bridgehead atoms. The number of halogens is 1. The van der Waals surface area contributed by atoms with Crippen molar-refractivity contribution in [3.63, 3.8) is 0 Å². The van der Waals surface area contributed by atoms with Crippen molar-refractivity contribution >= 4 is 35.0 Å². The van der Waals surface area contributed by atoms with E-state index in [1.54, 1.807) is 16.7 Å². The van der Waals surface area contributed by atoms with Gasteiger partial charge in [0.2, 0.25) is 5.91 Å². The summed E-state index contributed by atoms with van der Waals surface area (Å²) in [6, 6.07) is 13.8. The predicted molar refractivity (Wildman–Crippen MR) is 144 cm³/mol. The molecular formula is C28H30ClN3O2S. The van der Waals surface area contributed by atoms with Gasteiger partial charge in [-0.3, -0.25) is 14.2 Å². The first kappa shape index (κ1) is 24.1. The monoisotopic (exact) mass is 507 g/mol. The summed E-state index contributed by atoms with van der Waals surface area (Å²) in [5, 5.41) is 4.11. The number of aromatic nitrogens is 2. The molecule has 1 aromatic heterocycles. The molecular weight excluding hydrogens is 478 g/mol. The predicted octanol–water partition coefficient (Wildman–Crippen LogP) is 6.38. The number of benzene rings is 2. The third-order valence-electron chi connectivity index (χ3n) is 7.40. The van der Waals surface area contributed by atoms with Gasteiger partial charge in [-0.15, -0.1) is 0 Å². The molecule has 0 aliphatic heterocycles. The molecule has 7 heteroatoms. The first-order valence-corrected chi connectivity index (χ1v) is 13.7. The van der Waals surface area contributed by atoms with Crippen LogP contribution in [0.4, 0.5) is 5.69 Å². The second kappa shape index (κ2) is 9.82. The van der Waals surface area contributed by atoms with Gasteiger partial charge in [-0.25, -0.2) is 4.98 Å². The van der Waals surface area contributed by atoms with Crippen LogP contribution in [-0.2, 0) is 23.2 Å². The SMILES string of the molecule is CCn1c(SCC(=O)Nc2cc(Cl)ccc2C)nc2c(c1=O)C1(CCCCC1)Cc1ccccc1-2. The fourth-order valence-corrected chi connectivity index (χ4v) is 6.68. The van der Waals surface area contributed by atoms with Crippen molar-refractivity contribution in [1.29, 1.82) is 0 Å². The molecule has 182 valence electrons. The van der Waals surface area contributed by atoms with E-state index in [-0.39, 0.29) is 22.6 Å². The molecule has 1 heterocycles.